The lowest BCUT2D eigenvalue weighted by atomic mass is 10.0. The van der Waals surface area contributed by atoms with Gasteiger partial charge in [0.25, 0.3) is 0 Å². The van der Waals surface area contributed by atoms with Gasteiger partial charge in [0, 0.05) is 18.7 Å². The van der Waals surface area contributed by atoms with Gasteiger partial charge in [-0.25, -0.2) is 8.42 Å². The number of hydrogen-bond donors (Lipinski definition) is 1. The molecular formula is C16H18N4O4S. The molecule has 8 nitrogen and oxygen atoms in total. The standard InChI is InChI=1S/C16H18N4O4S/c21-16(12-9-20(10-12)25(22,23)13-6-7-13)17-8-14-18-15(19-24-14)11-4-2-1-3-5-11/h1-5,12-13H,6-10H2,(H,17,21). The maximum Gasteiger partial charge on any atom is 0.246 e. The molecule has 0 atom stereocenters. The van der Waals surface area contributed by atoms with Crippen LogP contribution in [0.1, 0.15) is 18.7 Å². The highest BCUT2D eigenvalue weighted by molar-refractivity contribution is 7.90. The first-order chi connectivity index (χ1) is 12.0. The Balaban J connectivity index is 1.28. The van der Waals surface area contributed by atoms with Crippen molar-refractivity contribution in [1.29, 1.82) is 0 Å². The van der Waals surface area contributed by atoms with Crippen LogP contribution in [0.5, 0.6) is 0 Å². The van der Waals surface area contributed by atoms with Gasteiger partial charge in [-0.05, 0) is 12.8 Å². The zero-order chi connectivity index (χ0) is 17.4. The number of benzene rings is 1. The first kappa shape index (κ1) is 16.2. The Labute approximate surface area is 145 Å². The predicted octanol–water partition coefficient (Wildman–Crippen LogP) is 0.777. The molecule has 1 aliphatic heterocycles. The normalized spacial score (nSPS) is 18.7. The van der Waals surface area contributed by atoms with Gasteiger partial charge in [0.2, 0.25) is 27.6 Å². The highest BCUT2D eigenvalue weighted by Crippen LogP contribution is 2.34. The minimum Gasteiger partial charge on any atom is -0.347 e. The lowest BCUT2D eigenvalue weighted by Gasteiger charge is -2.36. The van der Waals surface area contributed by atoms with E-state index in [9.17, 15) is 13.2 Å². The summed E-state index contributed by atoms with van der Waals surface area (Å²) in [6, 6.07) is 9.40. The van der Waals surface area contributed by atoms with Crippen molar-refractivity contribution in [2.45, 2.75) is 24.6 Å². The topological polar surface area (TPSA) is 105 Å². The summed E-state index contributed by atoms with van der Waals surface area (Å²) >= 11 is 0. The van der Waals surface area contributed by atoms with Crippen LogP contribution in [-0.4, -0.2) is 47.1 Å². The molecule has 2 fully saturated rings. The van der Waals surface area contributed by atoms with E-state index in [1.54, 1.807) is 0 Å². The summed E-state index contributed by atoms with van der Waals surface area (Å²) < 4.78 is 30.6. The third-order valence-electron chi connectivity index (χ3n) is 4.44. The first-order valence-electron chi connectivity index (χ1n) is 8.19. The molecule has 0 radical (unpaired) electrons. The van der Waals surface area contributed by atoms with Crippen molar-refractivity contribution in [3.63, 3.8) is 0 Å². The molecule has 25 heavy (non-hydrogen) atoms. The van der Waals surface area contributed by atoms with Gasteiger partial charge < -0.3 is 9.84 Å². The summed E-state index contributed by atoms with van der Waals surface area (Å²) in [5.41, 5.74) is 0.837. The van der Waals surface area contributed by atoms with E-state index in [1.165, 1.54) is 4.31 Å². The van der Waals surface area contributed by atoms with E-state index in [1.807, 2.05) is 30.3 Å². The van der Waals surface area contributed by atoms with Crippen LogP contribution < -0.4 is 5.32 Å². The second-order valence-corrected chi connectivity index (χ2v) is 8.57. The van der Waals surface area contributed by atoms with Crippen LogP contribution in [-0.2, 0) is 21.4 Å². The van der Waals surface area contributed by atoms with Gasteiger partial charge in [-0.3, -0.25) is 4.79 Å². The number of nitrogens with one attached hydrogen (secondary N) is 1. The third-order valence-corrected chi connectivity index (χ3v) is 6.77. The Bertz CT molecular complexity index is 871. The number of carbonyl (C=O) groups is 1. The largest absolute Gasteiger partial charge is 0.347 e. The second-order valence-electron chi connectivity index (χ2n) is 6.35. The Morgan fingerprint density at radius 1 is 1.24 bits per heavy atom. The molecule has 1 saturated heterocycles. The number of rotatable bonds is 6. The van der Waals surface area contributed by atoms with Crippen molar-refractivity contribution >= 4 is 15.9 Å². The van der Waals surface area contributed by atoms with Crippen molar-refractivity contribution in [3.8, 4) is 11.4 Å². The fraction of sp³-hybridized carbons (Fsp3) is 0.438. The van der Waals surface area contributed by atoms with Crippen LogP contribution in [0.15, 0.2) is 34.9 Å². The van der Waals surface area contributed by atoms with E-state index in [0.29, 0.717) is 11.7 Å². The van der Waals surface area contributed by atoms with E-state index < -0.39 is 10.0 Å². The molecule has 0 bridgehead atoms. The molecule has 132 valence electrons. The maximum absolute atomic E-state index is 12.1. The van der Waals surface area contributed by atoms with Crippen LogP contribution in [0, 0.1) is 5.92 Å². The van der Waals surface area contributed by atoms with Crippen LogP contribution in [0.3, 0.4) is 0 Å². The average Bonchev–Trinajstić information content (AvgIpc) is 3.32. The SMILES string of the molecule is O=C(NCc1nc(-c2ccccc2)no1)C1CN(S(=O)(=O)C2CC2)C1. The number of amides is 1. The molecule has 1 aliphatic carbocycles. The fourth-order valence-corrected chi connectivity index (χ4v) is 4.66. The Hall–Kier alpha value is -2.26. The first-order valence-corrected chi connectivity index (χ1v) is 9.69. The van der Waals surface area contributed by atoms with Crippen molar-refractivity contribution in [2.75, 3.05) is 13.1 Å². The van der Waals surface area contributed by atoms with Gasteiger partial charge >= 0.3 is 0 Å². The van der Waals surface area contributed by atoms with Gasteiger partial charge in [-0.1, -0.05) is 35.5 Å². The number of hydrogen-bond acceptors (Lipinski definition) is 6. The number of carbonyl (C=O) groups excluding carboxylic acids is 1. The molecule has 1 aromatic heterocycles. The summed E-state index contributed by atoms with van der Waals surface area (Å²) in [6.45, 7) is 0.637. The second kappa shape index (κ2) is 6.23. The molecule has 1 aromatic carbocycles. The average molecular weight is 362 g/mol. The number of nitrogens with zero attached hydrogens (tertiary/aromatic N) is 3. The summed E-state index contributed by atoms with van der Waals surface area (Å²) in [5, 5.41) is 6.38. The summed E-state index contributed by atoms with van der Waals surface area (Å²) in [5.74, 6) is 0.274. The Morgan fingerprint density at radius 2 is 1.96 bits per heavy atom. The van der Waals surface area contributed by atoms with Gasteiger partial charge in [-0.15, -0.1) is 0 Å². The Kier molecular flexibility index (Phi) is 4.04. The number of sulfonamides is 1. The highest BCUT2D eigenvalue weighted by atomic mass is 32.2. The minimum atomic E-state index is -3.18. The van der Waals surface area contributed by atoms with E-state index in [-0.39, 0.29) is 36.7 Å². The summed E-state index contributed by atoms with van der Waals surface area (Å²) in [7, 11) is -3.18. The van der Waals surface area contributed by atoms with Gasteiger partial charge in [-0.2, -0.15) is 9.29 Å². The van der Waals surface area contributed by atoms with Gasteiger partial charge in [0.1, 0.15) is 0 Å². The predicted molar refractivity (Wildman–Crippen MR) is 88.6 cm³/mol. The number of aromatic nitrogens is 2. The van der Waals surface area contributed by atoms with Crippen molar-refractivity contribution < 1.29 is 17.7 Å². The summed E-state index contributed by atoms with van der Waals surface area (Å²) in [4.78, 5) is 16.4. The lowest BCUT2D eigenvalue weighted by Crippen LogP contribution is -2.56. The molecule has 0 spiro atoms. The maximum atomic E-state index is 12.1. The molecule has 4 rings (SSSR count). The zero-order valence-electron chi connectivity index (χ0n) is 13.5. The van der Waals surface area contributed by atoms with Gasteiger partial charge in [0.05, 0.1) is 17.7 Å². The van der Waals surface area contributed by atoms with Gasteiger partial charge in [0.15, 0.2) is 0 Å². The molecular weight excluding hydrogens is 344 g/mol. The van der Waals surface area contributed by atoms with Crippen LogP contribution in [0.4, 0.5) is 0 Å². The molecule has 2 heterocycles. The van der Waals surface area contributed by atoms with E-state index in [0.717, 1.165) is 18.4 Å². The third kappa shape index (κ3) is 3.29. The lowest BCUT2D eigenvalue weighted by molar-refractivity contribution is -0.128. The van der Waals surface area contributed by atoms with E-state index in [4.69, 9.17) is 4.52 Å². The Morgan fingerprint density at radius 3 is 2.64 bits per heavy atom. The molecule has 2 aromatic rings. The molecule has 1 saturated carbocycles. The summed E-state index contributed by atoms with van der Waals surface area (Å²) in [6.07, 6.45) is 1.47. The quantitative estimate of drug-likeness (QED) is 0.814. The van der Waals surface area contributed by atoms with Crippen molar-refractivity contribution in [1.82, 2.24) is 19.8 Å². The minimum absolute atomic E-state index is 0.130. The molecule has 0 unspecified atom stereocenters. The van der Waals surface area contributed by atoms with E-state index in [2.05, 4.69) is 15.5 Å². The molecule has 9 heteroatoms. The van der Waals surface area contributed by atoms with Crippen LogP contribution in [0.2, 0.25) is 0 Å². The monoisotopic (exact) mass is 362 g/mol. The molecule has 2 aliphatic rings. The molecule has 1 N–H and O–H groups in total. The van der Waals surface area contributed by atoms with Crippen molar-refractivity contribution in [3.05, 3.63) is 36.2 Å². The van der Waals surface area contributed by atoms with Crippen molar-refractivity contribution in [2.24, 2.45) is 5.92 Å². The van der Waals surface area contributed by atoms with Crippen LogP contribution >= 0.6 is 0 Å². The smallest absolute Gasteiger partial charge is 0.246 e. The molecule has 1 amide bonds. The zero-order valence-corrected chi connectivity index (χ0v) is 14.3. The highest BCUT2D eigenvalue weighted by Gasteiger charge is 2.46. The van der Waals surface area contributed by atoms with E-state index >= 15 is 0 Å². The fourth-order valence-electron chi connectivity index (χ4n) is 2.73. The van der Waals surface area contributed by atoms with Crippen LogP contribution in [0.25, 0.3) is 11.4 Å².